The van der Waals surface area contributed by atoms with Crippen molar-refractivity contribution in [2.24, 2.45) is 0 Å². The van der Waals surface area contributed by atoms with Gasteiger partial charge in [-0.15, -0.1) is 0 Å². The largest absolute Gasteiger partial charge is 0.457 e. The molecule has 144 valence electrons. The first-order valence-electron chi connectivity index (χ1n) is 8.47. The van der Waals surface area contributed by atoms with Crippen LogP contribution in [0.5, 0.6) is 11.5 Å². The predicted octanol–water partition coefficient (Wildman–Crippen LogP) is 5.95. The average molecular weight is 425 g/mol. The van der Waals surface area contributed by atoms with Crippen LogP contribution < -0.4 is 4.74 Å². The average Bonchev–Trinajstić information content (AvgIpc) is 3.11. The first-order chi connectivity index (χ1) is 14.0. The molecule has 1 aromatic heterocycles. The second-order valence-corrected chi connectivity index (χ2v) is 6.86. The SMILES string of the molecule is O=[N+]([O-])c1ccc(Oc2ccc(-n3c(-c4ccc(Cl)cc4)n[nH]c3=S)cc2)cc1. The lowest BCUT2D eigenvalue weighted by molar-refractivity contribution is -0.384. The number of ether oxygens (including phenoxy) is 1. The van der Waals surface area contributed by atoms with Crippen LogP contribution in [-0.4, -0.2) is 19.7 Å². The van der Waals surface area contributed by atoms with E-state index in [1.54, 1.807) is 36.4 Å². The summed E-state index contributed by atoms with van der Waals surface area (Å²) in [5.41, 5.74) is 1.69. The van der Waals surface area contributed by atoms with E-state index in [-0.39, 0.29) is 5.69 Å². The highest BCUT2D eigenvalue weighted by molar-refractivity contribution is 7.71. The lowest BCUT2D eigenvalue weighted by Gasteiger charge is -2.09. The maximum atomic E-state index is 10.7. The van der Waals surface area contributed by atoms with Crippen molar-refractivity contribution in [3.63, 3.8) is 0 Å². The number of hydrogen-bond acceptors (Lipinski definition) is 5. The first-order valence-corrected chi connectivity index (χ1v) is 9.26. The second kappa shape index (κ2) is 7.86. The summed E-state index contributed by atoms with van der Waals surface area (Å²) in [6.07, 6.45) is 0. The maximum Gasteiger partial charge on any atom is 0.269 e. The van der Waals surface area contributed by atoms with Crippen molar-refractivity contribution in [2.75, 3.05) is 0 Å². The summed E-state index contributed by atoms with van der Waals surface area (Å²) in [4.78, 5) is 10.3. The van der Waals surface area contributed by atoms with Crippen molar-refractivity contribution in [1.29, 1.82) is 0 Å². The van der Waals surface area contributed by atoms with Crippen molar-refractivity contribution in [3.8, 4) is 28.6 Å². The van der Waals surface area contributed by atoms with Crippen molar-refractivity contribution < 1.29 is 9.66 Å². The summed E-state index contributed by atoms with van der Waals surface area (Å²) in [7, 11) is 0. The number of non-ortho nitro benzene ring substituents is 1. The van der Waals surface area contributed by atoms with Crippen LogP contribution in [0, 0.1) is 14.9 Å². The smallest absolute Gasteiger partial charge is 0.269 e. The Morgan fingerprint density at radius 2 is 1.55 bits per heavy atom. The summed E-state index contributed by atoms with van der Waals surface area (Å²) in [6.45, 7) is 0. The quantitative estimate of drug-likeness (QED) is 0.243. The lowest BCUT2D eigenvalue weighted by Crippen LogP contribution is -1.97. The number of nitro benzene ring substituents is 1. The van der Waals surface area contributed by atoms with Gasteiger partial charge in [-0.3, -0.25) is 19.8 Å². The molecule has 1 N–H and O–H groups in total. The van der Waals surface area contributed by atoms with E-state index in [0.29, 0.717) is 27.1 Å². The fourth-order valence-electron chi connectivity index (χ4n) is 2.76. The van der Waals surface area contributed by atoms with E-state index in [9.17, 15) is 10.1 Å². The normalized spacial score (nSPS) is 10.7. The third-order valence-corrected chi connectivity index (χ3v) is 4.68. The van der Waals surface area contributed by atoms with E-state index in [1.165, 1.54) is 12.1 Å². The molecule has 4 rings (SSSR count). The number of nitro groups is 1. The summed E-state index contributed by atoms with van der Waals surface area (Å²) >= 11 is 11.4. The zero-order valence-corrected chi connectivity index (χ0v) is 16.4. The van der Waals surface area contributed by atoms with Gasteiger partial charge < -0.3 is 4.74 Å². The molecule has 1 heterocycles. The third-order valence-electron chi connectivity index (χ3n) is 4.15. The minimum absolute atomic E-state index is 0.0109. The number of nitrogens with zero attached hydrogens (tertiary/aromatic N) is 3. The molecule has 3 aromatic carbocycles. The van der Waals surface area contributed by atoms with Crippen LogP contribution in [0.15, 0.2) is 72.8 Å². The number of hydrogen-bond donors (Lipinski definition) is 1. The summed E-state index contributed by atoms with van der Waals surface area (Å²) in [5, 5.41) is 18.5. The van der Waals surface area contributed by atoms with Crippen LogP contribution in [0.4, 0.5) is 5.69 Å². The van der Waals surface area contributed by atoms with Gasteiger partial charge >= 0.3 is 0 Å². The number of aromatic amines is 1. The third kappa shape index (κ3) is 4.03. The highest BCUT2D eigenvalue weighted by Crippen LogP contribution is 2.27. The monoisotopic (exact) mass is 424 g/mol. The zero-order valence-electron chi connectivity index (χ0n) is 14.8. The van der Waals surface area contributed by atoms with Gasteiger partial charge in [0, 0.05) is 22.7 Å². The molecule has 0 saturated heterocycles. The standard InChI is InChI=1S/C20H13ClN4O3S/c21-14-3-1-13(2-4-14)19-22-23-20(29)24(19)15-5-9-17(10-6-15)28-18-11-7-16(8-12-18)25(26)27/h1-12H,(H,23,29). The second-order valence-electron chi connectivity index (χ2n) is 6.04. The molecule has 0 aliphatic heterocycles. The molecule has 0 fully saturated rings. The van der Waals surface area contributed by atoms with E-state index in [1.807, 2.05) is 28.8 Å². The summed E-state index contributed by atoms with van der Waals surface area (Å²) < 4.78 is 8.02. The summed E-state index contributed by atoms with van der Waals surface area (Å²) in [5.74, 6) is 1.76. The molecule has 29 heavy (non-hydrogen) atoms. The minimum Gasteiger partial charge on any atom is -0.457 e. The van der Waals surface area contributed by atoms with Crippen molar-refractivity contribution in [1.82, 2.24) is 14.8 Å². The molecule has 0 unspecified atom stereocenters. The van der Waals surface area contributed by atoms with Gasteiger partial charge in [0.15, 0.2) is 10.6 Å². The molecule has 9 heteroatoms. The molecule has 0 aliphatic rings. The predicted molar refractivity (Wildman–Crippen MR) is 112 cm³/mol. The van der Waals surface area contributed by atoms with E-state index in [0.717, 1.165) is 11.3 Å². The van der Waals surface area contributed by atoms with Crippen LogP contribution in [0.25, 0.3) is 17.1 Å². The van der Waals surface area contributed by atoms with Crippen molar-refractivity contribution in [2.45, 2.75) is 0 Å². The highest BCUT2D eigenvalue weighted by Gasteiger charge is 2.11. The first kappa shape index (κ1) is 18.9. The van der Waals surface area contributed by atoms with Gasteiger partial charge in [0.25, 0.3) is 5.69 Å². The molecule has 0 saturated carbocycles. The van der Waals surface area contributed by atoms with Gasteiger partial charge in [-0.2, -0.15) is 5.10 Å². The Kier molecular flexibility index (Phi) is 5.11. The lowest BCUT2D eigenvalue weighted by atomic mass is 10.2. The zero-order chi connectivity index (χ0) is 20.4. The summed E-state index contributed by atoms with van der Waals surface area (Å²) in [6, 6.07) is 20.5. The number of rotatable bonds is 5. The van der Waals surface area contributed by atoms with Crippen LogP contribution in [-0.2, 0) is 0 Å². The topological polar surface area (TPSA) is 86.0 Å². The highest BCUT2D eigenvalue weighted by atomic mass is 35.5. The molecular formula is C20H13ClN4O3S. The Bertz CT molecular complexity index is 1220. The van der Waals surface area contributed by atoms with Crippen LogP contribution in [0.1, 0.15) is 0 Å². The van der Waals surface area contributed by atoms with Gasteiger partial charge in [-0.25, -0.2) is 0 Å². The minimum atomic E-state index is -0.453. The van der Waals surface area contributed by atoms with Crippen molar-refractivity contribution in [3.05, 3.63) is 92.7 Å². The fourth-order valence-corrected chi connectivity index (χ4v) is 3.13. The number of halogens is 1. The number of H-pyrrole nitrogens is 1. The van der Waals surface area contributed by atoms with E-state index < -0.39 is 4.92 Å². The molecule has 0 amide bonds. The van der Waals surface area contributed by atoms with Gasteiger partial charge in [-0.1, -0.05) is 11.6 Å². The Morgan fingerprint density at radius 1 is 0.966 bits per heavy atom. The molecular weight excluding hydrogens is 412 g/mol. The van der Waals surface area contributed by atoms with Gasteiger partial charge in [0.2, 0.25) is 0 Å². The Labute approximate surface area is 175 Å². The van der Waals surface area contributed by atoms with Crippen molar-refractivity contribution >= 4 is 29.5 Å². The molecule has 4 aromatic rings. The van der Waals surface area contributed by atoms with Gasteiger partial charge in [0.05, 0.1) is 10.6 Å². The molecule has 0 bridgehead atoms. The molecule has 0 radical (unpaired) electrons. The maximum absolute atomic E-state index is 10.7. The molecule has 0 aliphatic carbocycles. The van der Waals surface area contributed by atoms with E-state index >= 15 is 0 Å². The van der Waals surface area contributed by atoms with Gasteiger partial charge in [0.1, 0.15) is 11.5 Å². The fraction of sp³-hybridized carbons (Fsp3) is 0. The van der Waals surface area contributed by atoms with Gasteiger partial charge in [-0.05, 0) is 72.9 Å². The van der Waals surface area contributed by atoms with E-state index in [4.69, 9.17) is 28.6 Å². The Balaban J connectivity index is 1.60. The molecule has 0 atom stereocenters. The van der Waals surface area contributed by atoms with Crippen LogP contribution >= 0.6 is 23.8 Å². The molecule has 7 nitrogen and oxygen atoms in total. The number of nitrogens with one attached hydrogen (secondary N) is 1. The van der Waals surface area contributed by atoms with Crippen LogP contribution in [0.3, 0.4) is 0 Å². The number of benzene rings is 3. The molecule has 0 spiro atoms. The Hall–Kier alpha value is -3.49. The number of aromatic nitrogens is 3. The Morgan fingerprint density at radius 3 is 2.14 bits per heavy atom. The van der Waals surface area contributed by atoms with E-state index in [2.05, 4.69) is 10.2 Å². The van der Waals surface area contributed by atoms with Crippen LogP contribution in [0.2, 0.25) is 5.02 Å².